The van der Waals surface area contributed by atoms with E-state index in [9.17, 15) is 9.59 Å². The molecule has 0 aliphatic carbocycles. The van der Waals surface area contributed by atoms with E-state index in [2.05, 4.69) is 20.5 Å². The molecular formula is C16H15ClN4O4S. The monoisotopic (exact) mass is 394 g/mol. The Bertz CT molecular complexity index is 941. The molecule has 0 spiro atoms. The maximum Gasteiger partial charge on any atom is 0.251 e. The first kappa shape index (κ1) is 18.2. The molecule has 3 N–H and O–H groups in total. The van der Waals surface area contributed by atoms with Gasteiger partial charge in [-0.25, -0.2) is 5.43 Å². The van der Waals surface area contributed by atoms with Crippen molar-refractivity contribution >= 4 is 35.9 Å². The zero-order valence-corrected chi connectivity index (χ0v) is 15.1. The Hall–Kier alpha value is -2.65. The number of carbonyl (C=O) groups excluding carboxylic acids is 1. The molecule has 0 saturated carbocycles. The van der Waals surface area contributed by atoms with E-state index in [0.29, 0.717) is 41.0 Å². The second-order valence-electron chi connectivity index (χ2n) is 5.46. The van der Waals surface area contributed by atoms with Gasteiger partial charge in [-0.15, -0.1) is 0 Å². The van der Waals surface area contributed by atoms with Gasteiger partial charge in [-0.3, -0.25) is 14.6 Å². The van der Waals surface area contributed by atoms with E-state index in [1.54, 1.807) is 12.1 Å². The van der Waals surface area contributed by atoms with Gasteiger partial charge in [0.25, 0.3) is 5.56 Å². The Morgan fingerprint density at radius 1 is 1.31 bits per heavy atom. The summed E-state index contributed by atoms with van der Waals surface area (Å²) < 4.78 is 11.3. The summed E-state index contributed by atoms with van der Waals surface area (Å²) in [6.45, 7) is 1.08. The molecule has 1 amide bonds. The van der Waals surface area contributed by atoms with E-state index in [1.807, 2.05) is 0 Å². The van der Waals surface area contributed by atoms with Crippen molar-refractivity contribution in [3.05, 3.63) is 49.6 Å². The summed E-state index contributed by atoms with van der Waals surface area (Å²) in [5.41, 5.74) is 3.05. The van der Waals surface area contributed by atoms with Gasteiger partial charge in [0.05, 0.1) is 30.9 Å². The Balaban J connectivity index is 1.65. The molecule has 0 atom stereocenters. The lowest BCUT2D eigenvalue weighted by atomic mass is 10.2. The predicted molar refractivity (Wildman–Crippen MR) is 98.7 cm³/mol. The predicted octanol–water partition coefficient (Wildman–Crippen LogP) is 1.94. The molecule has 2 heterocycles. The van der Waals surface area contributed by atoms with E-state index >= 15 is 0 Å². The minimum atomic E-state index is -0.405. The van der Waals surface area contributed by atoms with E-state index in [1.165, 1.54) is 12.3 Å². The van der Waals surface area contributed by atoms with Crippen LogP contribution in [0.2, 0.25) is 5.02 Å². The highest BCUT2D eigenvalue weighted by molar-refractivity contribution is 7.71. The van der Waals surface area contributed by atoms with Crippen molar-refractivity contribution in [2.24, 2.45) is 5.10 Å². The summed E-state index contributed by atoms with van der Waals surface area (Å²) in [7, 11) is 0. The molecule has 10 heteroatoms. The summed E-state index contributed by atoms with van der Waals surface area (Å²) in [6.07, 6.45) is 2.15. The minimum absolute atomic E-state index is 0.0627. The van der Waals surface area contributed by atoms with Gasteiger partial charge in [-0.1, -0.05) is 11.6 Å². The van der Waals surface area contributed by atoms with Crippen LogP contribution in [-0.4, -0.2) is 35.3 Å². The highest BCUT2D eigenvalue weighted by Gasteiger charge is 2.15. The number of aromatic amines is 2. The first-order chi connectivity index (χ1) is 12.5. The van der Waals surface area contributed by atoms with Crippen molar-refractivity contribution in [3.8, 4) is 11.5 Å². The lowest BCUT2D eigenvalue weighted by Gasteiger charge is -2.09. The summed E-state index contributed by atoms with van der Waals surface area (Å²) in [6, 6.07) is 4.66. The molecule has 0 saturated heterocycles. The Morgan fingerprint density at radius 3 is 2.92 bits per heavy atom. The van der Waals surface area contributed by atoms with Crippen molar-refractivity contribution in [2.45, 2.75) is 12.8 Å². The molecule has 0 unspecified atom stereocenters. The lowest BCUT2D eigenvalue weighted by Crippen LogP contribution is -2.21. The maximum absolute atomic E-state index is 11.9. The molecule has 1 aromatic carbocycles. The number of amides is 1. The smallest absolute Gasteiger partial charge is 0.251 e. The summed E-state index contributed by atoms with van der Waals surface area (Å²) >= 11 is 11.1. The molecule has 8 nitrogen and oxygen atoms in total. The molecule has 0 bridgehead atoms. The Kier molecular flexibility index (Phi) is 5.69. The third-order valence-electron chi connectivity index (χ3n) is 3.39. The van der Waals surface area contributed by atoms with Gasteiger partial charge in [0.2, 0.25) is 5.91 Å². The Morgan fingerprint density at radius 2 is 2.12 bits per heavy atom. The van der Waals surface area contributed by atoms with Crippen LogP contribution in [0.4, 0.5) is 0 Å². The van der Waals surface area contributed by atoms with Crippen molar-refractivity contribution in [1.82, 2.24) is 15.4 Å². The number of aromatic nitrogens is 2. The van der Waals surface area contributed by atoms with Crippen LogP contribution in [0.3, 0.4) is 0 Å². The van der Waals surface area contributed by atoms with Crippen molar-refractivity contribution in [3.63, 3.8) is 0 Å². The van der Waals surface area contributed by atoms with Gasteiger partial charge < -0.3 is 14.5 Å². The molecule has 2 aromatic rings. The summed E-state index contributed by atoms with van der Waals surface area (Å²) in [5, 5.41) is 4.30. The molecule has 3 rings (SSSR count). The third-order valence-corrected chi connectivity index (χ3v) is 3.88. The number of fused-ring (bicyclic) bond motifs is 1. The van der Waals surface area contributed by atoms with Gasteiger partial charge in [-0.2, -0.15) is 5.10 Å². The average molecular weight is 395 g/mol. The zero-order chi connectivity index (χ0) is 18.5. The molecule has 1 aromatic heterocycles. The number of hydrogen-bond acceptors (Lipinski definition) is 6. The number of benzene rings is 1. The first-order valence-corrected chi connectivity index (χ1v) is 8.53. The molecule has 0 fully saturated rings. The highest BCUT2D eigenvalue weighted by atomic mass is 35.5. The average Bonchev–Trinajstić information content (AvgIpc) is 2.79. The normalized spacial score (nSPS) is 13.4. The number of hydrazone groups is 1. The van der Waals surface area contributed by atoms with E-state index < -0.39 is 5.91 Å². The zero-order valence-electron chi connectivity index (χ0n) is 13.5. The standard InChI is InChI=1S/C16H15ClN4O4S/c17-11-4-9(5-12-15(11)25-3-1-2-24-12)8-18-21-14(23)7-10-6-13(22)20-16(26)19-10/h4-6,8H,1-3,7H2,(H,21,23)(H2,19,20,22,26)/b18-8-. The van der Waals surface area contributed by atoms with Crippen LogP contribution in [0.5, 0.6) is 11.5 Å². The van der Waals surface area contributed by atoms with E-state index in [0.717, 1.165) is 6.42 Å². The van der Waals surface area contributed by atoms with Gasteiger partial charge in [0.1, 0.15) is 0 Å². The Labute approximate surface area is 158 Å². The van der Waals surface area contributed by atoms with Crippen LogP contribution in [0.1, 0.15) is 17.7 Å². The van der Waals surface area contributed by atoms with Crippen molar-refractivity contribution in [1.29, 1.82) is 0 Å². The van der Waals surface area contributed by atoms with Crippen LogP contribution in [0.15, 0.2) is 28.1 Å². The first-order valence-electron chi connectivity index (χ1n) is 7.75. The second kappa shape index (κ2) is 8.15. The van der Waals surface area contributed by atoms with Crippen LogP contribution in [0.25, 0.3) is 0 Å². The van der Waals surface area contributed by atoms with Gasteiger partial charge in [0, 0.05) is 18.2 Å². The minimum Gasteiger partial charge on any atom is -0.489 e. The number of carbonyl (C=O) groups is 1. The molecule has 1 aliphatic rings. The van der Waals surface area contributed by atoms with E-state index in [4.69, 9.17) is 33.3 Å². The van der Waals surface area contributed by atoms with Gasteiger partial charge in [-0.05, 0) is 29.9 Å². The fourth-order valence-electron chi connectivity index (χ4n) is 2.33. The summed E-state index contributed by atoms with van der Waals surface area (Å²) in [5.74, 6) is 0.645. The van der Waals surface area contributed by atoms with Gasteiger partial charge >= 0.3 is 0 Å². The number of halogens is 1. The number of H-pyrrole nitrogens is 2. The fourth-order valence-corrected chi connectivity index (χ4v) is 2.84. The second-order valence-corrected chi connectivity index (χ2v) is 6.28. The number of nitrogens with one attached hydrogen (secondary N) is 3. The van der Waals surface area contributed by atoms with Crippen molar-refractivity contribution < 1.29 is 14.3 Å². The van der Waals surface area contributed by atoms with Crippen molar-refractivity contribution in [2.75, 3.05) is 13.2 Å². The quantitative estimate of drug-likeness (QED) is 0.417. The van der Waals surface area contributed by atoms with Crippen LogP contribution >= 0.6 is 23.8 Å². The molecule has 136 valence electrons. The molecule has 0 radical (unpaired) electrons. The third kappa shape index (κ3) is 4.70. The number of ether oxygens (including phenoxy) is 2. The van der Waals surface area contributed by atoms with Crippen LogP contribution < -0.4 is 20.5 Å². The topological polar surface area (TPSA) is 109 Å². The van der Waals surface area contributed by atoms with Crippen LogP contribution in [-0.2, 0) is 11.2 Å². The maximum atomic E-state index is 11.9. The van der Waals surface area contributed by atoms with Gasteiger partial charge in [0.15, 0.2) is 16.3 Å². The number of nitrogens with zero attached hydrogens (tertiary/aromatic N) is 1. The fraction of sp³-hybridized carbons (Fsp3) is 0.250. The molecule has 1 aliphatic heterocycles. The SMILES string of the molecule is O=C(Cc1cc(=O)[nH]c(=S)[nH]1)N/N=C\c1cc(Cl)c2c(c1)OCCCO2. The lowest BCUT2D eigenvalue weighted by molar-refractivity contribution is -0.120. The molecule has 26 heavy (non-hydrogen) atoms. The number of hydrogen-bond donors (Lipinski definition) is 3. The number of rotatable bonds is 4. The highest BCUT2D eigenvalue weighted by Crippen LogP contribution is 2.37. The largest absolute Gasteiger partial charge is 0.489 e. The van der Waals surface area contributed by atoms with E-state index in [-0.39, 0.29) is 16.8 Å². The molecular weight excluding hydrogens is 380 g/mol. The summed E-state index contributed by atoms with van der Waals surface area (Å²) in [4.78, 5) is 28.4. The van der Waals surface area contributed by atoms with Crippen LogP contribution in [0, 0.1) is 4.77 Å².